The van der Waals surface area contributed by atoms with E-state index in [1.165, 1.54) is 37.4 Å². The molecule has 0 spiro atoms. The molecule has 43 heavy (non-hydrogen) atoms. The van der Waals surface area contributed by atoms with E-state index in [-0.39, 0.29) is 62.4 Å². The summed E-state index contributed by atoms with van der Waals surface area (Å²) in [7, 11) is 1.36. The molecule has 0 aliphatic carbocycles. The zero-order valence-electron chi connectivity index (χ0n) is 22.8. The van der Waals surface area contributed by atoms with Crippen molar-refractivity contribution in [2.45, 2.75) is 26.4 Å². The fourth-order valence-corrected chi connectivity index (χ4v) is 4.38. The first-order chi connectivity index (χ1) is 20.2. The van der Waals surface area contributed by atoms with Gasteiger partial charge in [-0.1, -0.05) is 18.1 Å². The van der Waals surface area contributed by atoms with Gasteiger partial charge in [0.15, 0.2) is 11.3 Å². The molecule has 0 aliphatic heterocycles. The number of nitrogens with one attached hydrogen (secondary N) is 2. The van der Waals surface area contributed by atoms with E-state index in [9.17, 15) is 37.5 Å². The summed E-state index contributed by atoms with van der Waals surface area (Å²) in [4.78, 5) is 50.2. The molecule has 0 aliphatic rings. The normalized spacial score (nSPS) is 11.1. The van der Waals surface area contributed by atoms with Gasteiger partial charge in [-0.15, -0.1) is 0 Å². The molecule has 220 valence electrons. The Hall–Kier alpha value is -5.71. The molecule has 0 radical (unpaired) electrons. The first kappa shape index (κ1) is 30.3. The molecule has 0 saturated carbocycles. The number of carboxylic acids is 1. The number of carboxylic acid groups (broad SMARTS) is 1. The monoisotopic (exact) mass is 593 g/mol. The van der Waals surface area contributed by atoms with Gasteiger partial charge >= 0.3 is 12.1 Å². The number of aromatic carboxylic acids is 1. The maximum Gasteiger partial charge on any atom is 0.417 e. The number of hydrogen-bond acceptors (Lipinski definition) is 7. The molecule has 0 fully saturated rings. The fourth-order valence-electron chi connectivity index (χ4n) is 4.38. The van der Waals surface area contributed by atoms with Gasteiger partial charge in [-0.3, -0.25) is 14.4 Å². The van der Waals surface area contributed by atoms with E-state index in [4.69, 9.17) is 9.78 Å². The van der Waals surface area contributed by atoms with Crippen LogP contribution >= 0.6 is 0 Å². The molecule has 3 aromatic carbocycles. The number of fused-ring (bicyclic) bond motifs is 1. The first-order valence-corrected chi connectivity index (χ1v) is 12.5. The summed E-state index contributed by atoms with van der Waals surface area (Å²) < 4.78 is 48.0. The van der Waals surface area contributed by atoms with Gasteiger partial charge in [0, 0.05) is 31.6 Å². The van der Waals surface area contributed by atoms with E-state index >= 15 is 0 Å². The van der Waals surface area contributed by atoms with Crippen molar-refractivity contribution in [3.8, 4) is 17.2 Å². The highest BCUT2D eigenvalue weighted by atomic mass is 19.4. The zero-order valence-corrected chi connectivity index (χ0v) is 22.8. The summed E-state index contributed by atoms with van der Waals surface area (Å²) in [5.74, 6) is -3.34. The molecule has 3 amide bonds. The predicted molar refractivity (Wildman–Crippen MR) is 149 cm³/mol. The molecular formula is C29H22F3N5O6. The Morgan fingerprint density at radius 3 is 2.37 bits per heavy atom. The fraction of sp³-hybridized carbons (Fsp3) is 0.172. The number of benzene rings is 3. The highest BCUT2D eigenvalue weighted by Crippen LogP contribution is 2.43. The Morgan fingerprint density at radius 1 is 1.05 bits per heavy atom. The summed E-state index contributed by atoms with van der Waals surface area (Å²) in [5, 5.41) is 27.1. The lowest BCUT2D eigenvalue weighted by Gasteiger charge is -2.23. The van der Waals surface area contributed by atoms with Crippen molar-refractivity contribution in [2.24, 2.45) is 0 Å². The second-order valence-corrected chi connectivity index (χ2v) is 9.27. The van der Waals surface area contributed by atoms with E-state index < -0.39 is 35.4 Å². The lowest BCUT2D eigenvalue weighted by Crippen LogP contribution is -2.26. The maximum absolute atomic E-state index is 14.2. The van der Waals surface area contributed by atoms with Gasteiger partial charge in [-0.25, -0.2) is 4.79 Å². The first-order valence-electron chi connectivity index (χ1n) is 12.5. The molecular weight excluding hydrogens is 571 g/mol. The van der Waals surface area contributed by atoms with Crippen molar-refractivity contribution in [3.05, 3.63) is 70.9 Å². The van der Waals surface area contributed by atoms with E-state index in [2.05, 4.69) is 15.8 Å². The topological polar surface area (TPSA) is 166 Å². The van der Waals surface area contributed by atoms with Gasteiger partial charge in [0.1, 0.15) is 0 Å². The zero-order chi connectivity index (χ0) is 31.6. The molecule has 0 saturated heterocycles. The largest absolute Gasteiger partial charge is 0.478 e. The smallest absolute Gasteiger partial charge is 0.417 e. The molecule has 4 rings (SSSR count). The van der Waals surface area contributed by atoms with Crippen LogP contribution in [0.1, 0.15) is 52.2 Å². The number of aromatic nitrogens is 1. The molecule has 0 unspecified atom stereocenters. The Balaban J connectivity index is 1.89. The quantitative estimate of drug-likeness (QED) is 0.247. The van der Waals surface area contributed by atoms with Crippen LogP contribution in [0.3, 0.4) is 0 Å². The molecule has 1 heterocycles. The van der Waals surface area contributed by atoms with Crippen molar-refractivity contribution in [1.29, 1.82) is 5.26 Å². The minimum atomic E-state index is -4.86. The number of carbonyl (C=O) groups excluding carboxylic acids is 3. The Morgan fingerprint density at radius 2 is 1.77 bits per heavy atom. The number of nitrogens with zero attached hydrogens (tertiary/aromatic N) is 3. The average Bonchev–Trinajstić information content (AvgIpc) is 3.38. The Kier molecular flexibility index (Phi) is 8.20. The van der Waals surface area contributed by atoms with Crippen molar-refractivity contribution < 1.29 is 42.0 Å². The van der Waals surface area contributed by atoms with E-state index in [1.54, 1.807) is 13.0 Å². The number of alkyl halides is 3. The number of nitriles is 1. The standard InChI is InChI=1S/C29H22F3N5O6/c1-4-25(39)37(3)23-11-20-24(12-18(23)17-7-6-16(34-14(2)38)10-21(17)29(30,31)32)43-36-26(20)27(40)35-22-8-5-15(13-33)9-19(22)28(41)42/h5-12H,4H2,1-3H3,(H,34,38)(H,35,40)(H,41,42). The molecule has 1 aromatic heterocycles. The van der Waals surface area contributed by atoms with Crippen molar-refractivity contribution in [2.75, 3.05) is 22.6 Å². The SMILES string of the molecule is CCC(=O)N(C)c1cc2c(C(=O)Nc3ccc(C#N)cc3C(=O)O)noc2cc1-c1ccc(NC(C)=O)cc1C(F)(F)F. The van der Waals surface area contributed by atoms with E-state index in [0.717, 1.165) is 30.0 Å². The maximum atomic E-state index is 14.2. The van der Waals surface area contributed by atoms with Crippen molar-refractivity contribution >= 4 is 51.7 Å². The van der Waals surface area contributed by atoms with Gasteiger partial charge in [-0.05, 0) is 48.0 Å². The number of hydrogen-bond donors (Lipinski definition) is 3. The Labute approximate surface area is 241 Å². The van der Waals surface area contributed by atoms with Crippen LogP contribution in [0.2, 0.25) is 0 Å². The summed E-state index contributed by atoms with van der Waals surface area (Å²) in [6, 6.07) is 11.1. The van der Waals surface area contributed by atoms with Crippen LogP contribution in [0.25, 0.3) is 22.1 Å². The van der Waals surface area contributed by atoms with Gasteiger partial charge in [0.25, 0.3) is 5.91 Å². The summed E-state index contributed by atoms with van der Waals surface area (Å²) in [5.41, 5.74) is -2.48. The van der Waals surface area contributed by atoms with Gasteiger partial charge in [0.05, 0.1) is 39.5 Å². The third-order valence-electron chi connectivity index (χ3n) is 6.40. The lowest BCUT2D eigenvalue weighted by molar-refractivity contribution is -0.137. The summed E-state index contributed by atoms with van der Waals surface area (Å²) >= 11 is 0. The molecule has 4 aromatic rings. The van der Waals surface area contributed by atoms with Crippen LogP contribution in [0.4, 0.5) is 30.2 Å². The third-order valence-corrected chi connectivity index (χ3v) is 6.40. The molecule has 0 atom stereocenters. The number of carbonyl (C=O) groups is 4. The highest BCUT2D eigenvalue weighted by Gasteiger charge is 2.35. The van der Waals surface area contributed by atoms with Crippen LogP contribution < -0.4 is 15.5 Å². The Bertz CT molecular complexity index is 1840. The van der Waals surface area contributed by atoms with E-state index in [1.807, 2.05) is 0 Å². The average molecular weight is 594 g/mol. The van der Waals surface area contributed by atoms with Crippen LogP contribution in [-0.2, 0) is 15.8 Å². The van der Waals surface area contributed by atoms with Crippen molar-refractivity contribution in [3.63, 3.8) is 0 Å². The second-order valence-electron chi connectivity index (χ2n) is 9.27. The minimum absolute atomic E-state index is 0.000949. The number of halogens is 3. The van der Waals surface area contributed by atoms with Gasteiger partial charge < -0.3 is 25.2 Å². The molecule has 0 bridgehead atoms. The predicted octanol–water partition coefficient (Wildman–Crippen LogP) is 5.67. The molecule has 3 N–H and O–H groups in total. The van der Waals surface area contributed by atoms with Crippen LogP contribution in [-0.4, -0.2) is 41.0 Å². The third kappa shape index (κ3) is 6.15. The van der Waals surface area contributed by atoms with Gasteiger partial charge in [-0.2, -0.15) is 18.4 Å². The van der Waals surface area contributed by atoms with Gasteiger partial charge in [0.2, 0.25) is 11.8 Å². The molecule has 14 heteroatoms. The number of amides is 3. The van der Waals surface area contributed by atoms with Crippen LogP contribution in [0, 0.1) is 11.3 Å². The number of rotatable bonds is 7. The summed E-state index contributed by atoms with van der Waals surface area (Å²) in [6.07, 6.45) is -4.85. The molecule has 11 nitrogen and oxygen atoms in total. The highest BCUT2D eigenvalue weighted by molar-refractivity contribution is 6.14. The summed E-state index contributed by atoms with van der Waals surface area (Å²) in [6.45, 7) is 2.72. The lowest BCUT2D eigenvalue weighted by atomic mass is 9.95. The van der Waals surface area contributed by atoms with E-state index in [0.29, 0.717) is 0 Å². The van der Waals surface area contributed by atoms with Crippen LogP contribution in [0.15, 0.2) is 53.1 Å². The number of anilines is 3. The van der Waals surface area contributed by atoms with Crippen LogP contribution in [0.5, 0.6) is 0 Å². The second kappa shape index (κ2) is 11.6. The minimum Gasteiger partial charge on any atom is -0.478 e. The van der Waals surface area contributed by atoms with Crippen molar-refractivity contribution in [1.82, 2.24) is 5.16 Å².